The Hall–Kier alpha value is -2.12. The number of benzene rings is 3. The van der Waals surface area contributed by atoms with Crippen LogP contribution in [-0.4, -0.2) is 8.07 Å². The van der Waals surface area contributed by atoms with E-state index in [-0.39, 0.29) is 0 Å². The number of hydrogen-bond acceptors (Lipinski definition) is 0. The lowest BCUT2D eigenvalue weighted by Crippen LogP contribution is -2.67. The Balaban J connectivity index is 1.83. The predicted octanol–water partition coefficient (Wildman–Crippen LogP) is 8.00. The van der Waals surface area contributed by atoms with Crippen LogP contribution in [0.25, 0.3) is 0 Å². The van der Waals surface area contributed by atoms with Gasteiger partial charge in [0.1, 0.15) is 8.07 Å². The summed E-state index contributed by atoms with van der Waals surface area (Å²) in [5.41, 5.74) is 4.12. The normalized spacial score (nSPS) is 11.6. The first kappa shape index (κ1) is 26.5. The van der Waals surface area contributed by atoms with Crippen molar-refractivity contribution < 1.29 is 0 Å². The van der Waals surface area contributed by atoms with Gasteiger partial charge >= 0.3 is 0 Å². The van der Waals surface area contributed by atoms with E-state index < -0.39 is 8.07 Å². The minimum Gasteiger partial charge on any atom is -0.0654 e. The Labute approximate surface area is 210 Å². The van der Waals surface area contributed by atoms with Gasteiger partial charge in [-0.1, -0.05) is 161 Å². The number of aryl methyl sites for hydroxylation is 3. The second-order valence-corrected chi connectivity index (χ2v) is 14.5. The maximum Gasteiger partial charge on any atom is 0.148 e. The highest BCUT2D eigenvalue weighted by Gasteiger charge is 2.38. The molecule has 1 heteroatoms. The number of hydrogen-bond donors (Lipinski definition) is 0. The lowest BCUT2D eigenvalue weighted by atomic mass is 10.1. The van der Waals surface area contributed by atoms with E-state index in [1.54, 1.807) is 15.6 Å². The van der Waals surface area contributed by atoms with Crippen molar-refractivity contribution in [2.24, 2.45) is 0 Å². The van der Waals surface area contributed by atoms with Crippen LogP contribution in [0.15, 0.2) is 72.8 Å². The maximum atomic E-state index is 2.48. The second-order valence-electron chi connectivity index (χ2n) is 10.4. The molecule has 0 saturated carbocycles. The number of rotatable bonds is 14. The molecule has 0 aliphatic rings. The van der Waals surface area contributed by atoms with E-state index in [1.165, 1.54) is 86.9 Å². The van der Waals surface area contributed by atoms with Gasteiger partial charge in [-0.25, -0.2) is 0 Å². The third-order valence-electron chi connectivity index (χ3n) is 7.44. The molecule has 0 aromatic heterocycles. The van der Waals surface area contributed by atoms with Crippen molar-refractivity contribution in [3.05, 3.63) is 89.5 Å². The first-order valence-electron chi connectivity index (χ1n) is 13.8. The van der Waals surface area contributed by atoms with E-state index in [9.17, 15) is 0 Å². The monoisotopic (exact) mass is 470 g/mol. The van der Waals surface area contributed by atoms with Crippen LogP contribution < -0.4 is 15.6 Å². The van der Waals surface area contributed by atoms with Gasteiger partial charge in [-0.05, 0) is 42.4 Å². The molecule has 0 fully saturated rings. The Kier molecular flexibility index (Phi) is 10.7. The van der Waals surface area contributed by atoms with Gasteiger partial charge in [0, 0.05) is 0 Å². The van der Waals surface area contributed by atoms with Gasteiger partial charge in [0.25, 0.3) is 0 Å². The second kappa shape index (κ2) is 13.7. The fourth-order valence-electron chi connectivity index (χ4n) is 5.54. The summed E-state index contributed by atoms with van der Waals surface area (Å²) in [5.74, 6) is 0. The molecule has 3 aromatic carbocycles. The molecular weight excluding hydrogens is 424 g/mol. The van der Waals surface area contributed by atoms with Gasteiger partial charge in [0.05, 0.1) is 0 Å². The largest absolute Gasteiger partial charge is 0.148 e. The molecule has 0 nitrogen and oxygen atoms in total. The molecule has 0 radical (unpaired) electrons. The minimum absolute atomic E-state index is 1.29. The summed E-state index contributed by atoms with van der Waals surface area (Å²) in [6.45, 7) is 9.04. The van der Waals surface area contributed by atoms with Crippen LogP contribution in [0.5, 0.6) is 0 Å². The van der Waals surface area contributed by atoms with Gasteiger partial charge < -0.3 is 0 Å². The summed E-state index contributed by atoms with van der Waals surface area (Å²) in [7, 11) is -2.11. The van der Waals surface area contributed by atoms with Crippen molar-refractivity contribution in [2.45, 2.75) is 97.9 Å². The van der Waals surface area contributed by atoms with Crippen molar-refractivity contribution >= 4 is 23.6 Å². The van der Waals surface area contributed by atoms with Crippen LogP contribution in [0.3, 0.4) is 0 Å². The quantitative estimate of drug-likeness (QED) is 0.127. The zero-order chi connectivity index (χ0) is 24.2. The molecule has 0 amide bonds. The van der Waals surface area contributed by atoms with Crippen molar-refractivity contribution in [1.29, 1.82) is 0 Å². The Bertz CT molecular complexity index is 892. The van der Waals surface area contributed by atoms with Crippen LogP contribution in [0.1, 0.15) is 87.8 Å². The van der Waals surface area contributed by atoms with E-state index in [0.717, 1.165) is 0 Å². The van der Waals surface area contributed by atoms with E-state index in [2.05, 4.69) is 100 Å². The fourth-order valence-corrected chi connectivity index (χ4v) is 10.8. The molecule has 0 unspecified atom stereocenters. The molecule has 0 spiro atoms. The van der Waals surface area contributed by atoms with Crippen molar-refractivity contribution in [3.63, 3.8) is 0 Å². The molecule has 34 heavy (non-hydrogen) atoms. The van der Waals surface area contributed by atoms with Crippen LogP contribution in [0.2, 0.25) is 6.04 Å². The molecule has 0 aliphatic heterocycles. The van der Waals surface area contributed by atoms with Crippen LogP contribution >= 0.6 is 0 Å². The summed E-state index contributed by atoms with van der Waals surface area (Å²) >= 11 is 0. The number of unbranched alkanes of at least 4 members (excludes halogenated alkanes) is 9. The summed E-state index contributed by atoms with van der Waals surface area (Å²) in [4.78, 5) is 0. The van der Waals surface area contributed by atoms with Crippen molar-refractivity contribution in [1.82, 2.24) is 0 Å². The topological polar surface area (TPSA) is 0 Å². The highest BCUT2D eigenvalue weighted by Crippen LogP contribution is 2.20. The third kappa shape index (κ3) is 7.19. The summed E-state index contributed by atoms with van der Waals surface area (Å²) < 4.78 is 0. The van der Waals surface area contributed by atoms with Gasteiger partial charge in [0.2, 0.25) is 0 Å². The van der Waals surface area contributed by atoms with Gasteiger partial charge in [-0.2, -0.15) is 0 Å². The molecular formula is C33H46Si. The Morgan fingerprint density at radius 3 is 1.18 bits per heavy atom. The molecule has 3 rings (SSSR count). The van der Waals surface area contributed by atoms with Crippen LogP contribution in [0.4, 0.5) is 0 Å². The first-order valence-corrected chi connectivity index (χ1v) is 16.0. The Morgan fingerprint density at radius 2 is 0.824 bits per heavy atom. The summed E-state index contributed by atoms with van der Waals surface area (Å²) in [6.07, 6.45) is 13.9. The maximum absolute atomic E-state index is 2.48. The highest BCUT2D eigenvalue weighted by atomic mass is 28.3. The molecule has 182 valence electrons. The standard InChI is InChI=1S/C33H46Si/c1-5-6-7-8-9-10-11-12-13-14-24-34(31-21-15-18-28(2)25-31,32-22-16-19-29(3)26-32)33-23-17-20-30(4)27-33/h15-23,25-27H,5-14,24H2,1-4H3. The smallest absolute Gasteiger partial charge is 0.0654 e. The van der Waals surface area contributed by atoms with Gasteiger partial charge in [-0.15, -0.1) is 0 Å². The van der Waals surface area contributed by atoms with Crippen LogP contribution in [-0.2, 0) is 0 Å². The van der Waals surface area contributed by atoms with Gasteiger partial charge in [-0.3, -0.25) is 0 Å². The molecule has 0 saturated heterocycles. The molecule has 0 bridgehead atoms. The average Bonchev–Trinajstić information content (AvgIpc) is 2.83. The average molecular weight is 471 g/mol. The summed E-state index contributed by atoms with van der Waals surface area (Å²) in [6, 6.07) is 29.5. The van der Waals surface area contributed by atoms with E-state index in [0.29, 0.717) is 0 Å². The lowest BCUT2D eigenvalue weighted by Gasteiger charge is -2.35. The molecule has 0 aliphatic carbocycles. The van der Waals surface area contributed by atoms with E-state index >= 15 is 0 Å². The van der Waals surface area contributed by atoms with E-state index in [1.807, 2.05) is 0 Å². The van der Waals surface area contributed by atoms with Crippen molar-refractivity contribution in [2.75, 3.05) is 0 Å². The Morgan fingerprint density at radius 1 is 0.471 bits per heavy atom. The zero-order valence-electron chi connectivity index (χ0n) is 22.2. The molecule has 0 N–H and O–H groups in total. The SMILES string of the molecule is CCCCCCCCCCCC[Si](c1cccc(C)c1)(c1cccc(C)c1)c1cccc(C)c1. The lowest BCUT2D eigenvalue weighted by molar-refractivity contribution is 0.562. The van der Waals surface area contributed by atoms with Crippen LogP contribution in [0, 0.1) is 20.8 Å². The predicted molar refractivity (Wildman–Crippen MR) is 155 cm³/mol. The third-order valence-corrected chi connectivity index (χ3v) is 12.4. The molecule has 0 atom stereocenters. The summed E-state index contributed by atoms with van der Waals surface area (Å²) in [5, 5.41) is 4.71. The first-order chi connectivity index (χ1) is 16.6. The van der Waals surface area contributed by atoms with E-state index in [4.69, 9.17) is 0 Å². The fraction of sp³-hybridized carbons (Fsp3) is 0.455. The minimum atomic E-state index is -2.11. The van der Waals surface area contributed by atoms with Crippen molar-refractivity contribution in [3.8, 4) is 0 Å². The molecule has 0 heterocycles. The zero-order valence-corrected chi connectivity index (χ0v) is 23.2. The van der Waals surface area contributed by atoms with Gasteiger partial charge in [0.15, 0.2) is 0 Å². The highest BCUT2D eigenvalue weighted by molar-refractivity contribution is 7.11. The molecule has 3 aromatic rings.